The molecule has 1 aromatic rings. The van der Waals surface area contributed by atoms with Crippen LogP contribution < -0.4 is 10.9 Å². The van der Waals surface area contributed by atoms with Crippen molar-refractivity contribution in [2.24, 2.45) is 0 Å². The number of hydrogen-bond acceptors (Lipinski definition) is 4. The normalized spacial score (nSPS) is 16.6. The van der Waals surface area contributed by atoms with E-state index >= 15 is 0 Å². The summed E-state index contributed by atoms with van der Waals surface area (Å²) in [6, 6.07) is -0.431. The van der Waals surface area contributed by atoms with Crippen LogP contribution in [0.15, 0.2) is 11.0 Å². The smallest absolute Gasteiger partial charge is 0.287 e. The molecule has 0 saturated carbocycles. The number of halogens is 1. The number of aromatic nitrogens is 2. The van der Waals surface area contributed by atoms with Crippen molar-refractivity contribution in [3.05, 3.63) is 21.6 Å². The molecule has 0 aromatic carbocycles. The number of likely N-dealkylation sites (tertiary alicyclic amines) is 1. The first-order chi connectivity index (χ1) is 10.0. The highest BCUT2D eigenvalue weighted by atomic mass is 35.5. The third kappa shape index (κ3) is 3.56. The molecule has 1 N–H and O–H groups in total. The zero-order chi connectivity index (χ0) is 15.4. The molecule has 1 aliphatic heterocycles. The van der Waals surface area contributed by atoms with E-state index in [0.717, 1.165) is 25.9 Å². The molecule has 6 nitrogen and oxygen atoms in total. The van der Waals surface area contributed by atoms with Gasteiger partial charge in [-0.1, -0.05) is 11.6 Å². The Hall–Kier alpha value is -1.56. The zero-order valence-electron chi connectivity index (χ0n) is 12.4. The number of nitrogens with zero attached hydrogens (tertiary/aromatic N) is 3. The van der Waals surface area contributed by atoms with Gasteiger partial charge in [-0.2, -0.15) is 5.10 Å². The summed E-state index contributed by atoms with van der Waals surface area (Å²) in [5, 5.41) is 7.09. The summed E-state index contributed by atoms with van der Waals surface area (Å²) in [7, 11) is 0. The Labute approximate surface area is 129 Å². The zero-order valence-corrected chi connectivity index (χ0v) is 13.2. The largest absolute Gasteiger partial charge is 0.371 e. The molecule has 0 spiro atoms. The highest BCUT2D eigenvalue weighted by Gasteiger charge is 2.23. The van der Waals surface area contributed by atoms with Crippen LogP contribution in [0.2, 0.25) is 5.02 Å². The second-order valence-electron chi connectivity index (χ2n) is 5.25. The van der Waals surface area contributed by atoms with Crippen molar-refractivity contribution in [1.29, 1.82) is 0 Å². The third-order valence-electron chi connectivity index (χ3n) is 3.69. The fourth-order valence-electron chi connectivity index (χ4n) is 2.47. The monoisotopic (exact) mass is 312 g/mol. The van der Waals surface area contributed by atoms with Gasteiger partial charge < -0.3 is 10.2 Å². The number of rotatable bonds is 4. The van der Waals surface area contributed by atoms with Gasteiger partial charge in [0.05, 0.1) is 11.9 Å². The van der Waals surface area contributed by atoms with E-state index in [1.54, 1.807) is 6.92 Å². The first-order valence-electron chi connectivity index (χ1n) is 7.35. The van der Waals surface area contributed by atoms with Crippen molar-refractivity contribution in [3.63, 3.8) is 0 Å². The summed E-state index contributed by atoms with van der Waals surface area (Å²) in [4.78, 5) is 26.1. The molecule has 7 heteroatoms. The number of anilines is 1. The molecule has 0 aliphatic carbocycles. The van der Waals surface area contributed by atoms with Crippen LogP contribution in [-0.2, 0) is 11.3 Å². The molecule has 1 fully saturated rings. The van der Waals surface area contributed by atoms with E-state index in [1.165, 1.54) is 17.3 Å². The van der Waals surface area contributed by atoms with Crippen LogP contribution in [0.1, 0.15) is 33.1 Å². The minimum Gasteiger partial charge on any atom is -0.371 e. The molecular formula is C14H21ClN4O2. The van der Waals surface area contributed by atoms with Gasteiger partial charge in [0, 0.05) is 19.6 Å². The molecular weight excluding hydrogens is 292 g/mol. The second kappa shape index (κ2) is 6.93. The molecule has 0 radical (unpaired) electrons. The molecule has 1 aromatic heterocycles. The van der Waals surface area contributed by atoms with Gasteiger partial charge >= 0.3 is 0 Å². The molecule has 1 atom stereocenters. The third-order valence-corrected chi connectivity index (χ3v) is 4.06. The standard InChI is InChI=1S/C14H21ClN4O2/c1-3-19-14(21)12(15)11(9-16-19)17-10(2)13(20)18-7-5-4-6-8-18/h9-10,17H,3-8H2,1-2H3. The SMILES string of the molecule is CCn1ncc(NC(C)C(=O)N2CCCCC2)c(Cl)c1=O. The van der Waals surface area contributed by atoms with Crippen molar-refractivity contribution < 1.29 is 4.79 Å². The van der Waals surface area contributed by atoms with E-state index < -0.39 is 6.04 Å². The number of nitrogens with one attached hydrogen (secondary N) is 1. The Kier molecular flexibility index (Phi) is 5.22. The number of carbonyl (C=O) groups is 1. The number of amides is 1. The molecule has 1 unspecified atom stereocenters. The van der Waals surface area contributed by atoms with Crippen LogP contribution in [0.4, 0.5) is 5.69 Å². The topological polar surface area (TPSA) is 67.2 Å². The fourth-order valence-corrected chi connectivity index (χ4v) is 2.67. The highest BCUT2D eigenvalue weighted by Crippen LogP contribution is 2.18. The van der Waals surface area contributed by atoms with Gasteiger partial charge in [-0.15, -0.1) is 0 Å². The van der Waals surface area contributed by atoms with E-state index in [2.05, 4.69) is 10.4 Å². The maximum absolute atomic E-state index is 12.3. The van der Waals surface area contributed by atoms with Gasteiger partial charge in [-0.05, 0) is 33.1 Å². The minimum absolute atomic E-state index is 0.0328. The first-order valence-corrected chi connectivity index (χ1v) is 7.73. The van der Waals surface area contributed by atoms with Crippen molar-refractivity contribution >= 4 is 23.2 Å². The summed E-state index contributed by atoms with van der Waals surface area (Å²) < 4.78 is 1.28. The van der Waals surface area contributed by atoms with Gasteiger partial charge in [-0.25, -0.2) is 4.68 Å². The van der Waals surface area contributed by atoms with E-state index in [9.17, 15) is 9.59 Å². The number of piperidine rings is 1. The lowest BCUT2D eigenvalue weighted by Crippen LogP contribution is -2.44. The van der Waals surface area contributed by atoms with Crippen molar-refractivity contribution in [2.75, 3.05) is 18.4 Å². The predicted molar refractivity (Wildman–Crippen MR) is 82.7 cm³/mol. The summed E-state index contributed by atoms with van der Waals surface area (Å²) >= 11 is 6.05. The maximum Gasteiger partial charge on any atom is 0.287 e. The number of aryl methyl sites for hydroxylation is 1. The minimum atomic E-state index is -0.431. The average Bonchev–Trinajstić information content (AvgIpc) is 2.52. The van der Waals surface area contributed by atoms with Crippen molar-refractivity contribution in [3.8, 4) is 0 Å². The molecule has 0 bridgehead atoms. The van der Waals surface area contributed by atoms with E-state index in [1.807, 2.05) is 11.8 Å². The molecule has 1 aliphatic rings. The van der Waals surface area contributed by atoms with Gasteiger partial charge in [0.1, 0.15) is 11.1 Å². The summed E-state index contributed by atoms with van der Waals surface area (Å²) in [5.41, 5.74) is 0.0611. The lowest BCUT2D eigenvalue weighted by molar-refractivity contribution is -0.132. The number of carbonyl (C=O) groups excluding carboxylic acids is 1. The second-order valence-corrected chi connectivity index (χ2v) is 5.62. The van der Waals surface area contributed by atoms with Gasteiger partial charge in [0.15, 0.2) is 0 Å². The van der Waals surface area contributed by atoms with E-state index in [4.69, 9.17) is 11.6 Å². The van der Waals surface area contributed by atoms with Gasteiger partial charge in [-0.3, -0.25) is 9.59 Å². The summed E-state index contributed by atoms with van der Waals surface area (Å²) in [6.45, 7) is 5.66. The average molecular weight is 313 g/mol. The van der Waals surface area contributed by atoms with Gasteiger partial charge in [0.25, 0.3) is 5.56 Å². The predicted octanol–water partition coefficient (Wildman–Crippen LogP) is 1.73. The van der Waals surface area contributed by atoms with Crippen LogP contribution in [0.25, 0.3) is 0 Å². The van der Waals surface area contributed by atoms with Gasteiger partial charge in [0.2, 0.25) is 5.91 Å². The van der Waals surface area contributed by atoms with Crippen LogP contribution in [0, 0.1) is 0 Å². The lowest BCUT2D eigenvalue weighted by atomic mass is 10.1. The Bertz CT molecular complexity index is 567. The van der Waals surface area contributed by atoms with Crippen molar-refractivity contribution in [1.82, 2.24) is 14.7 Å². The Balaban J connectivity index is 2.08. The Morgan fingerprint density at radius 3 is 2.71 bits per heavy atom. The quantitative estimate of drug-likeness (QED) is 0.919. The highest BCUT2D eigenvalue weighted by molar-refractivity contribution is 6.33. The summed E-state index contributed by atoms with van der Waals surface area (Å²) in [5.74, 6) is 0.0328. The first kappa shape index (κ1) is 15.8. The fraction of sp³-hybridized carbons (Fsp3) is 0.643. The Morgan fingerprint density at radius 1 is 1.43 bits per heavy atom. The molecule has 2 heterocycles. The van der Waals surface area contributed by atoms with Crippen LogP contribution >= 0.6 is 11.6 Å². The summed E-state index contributed by atoms with van der Waals surface area (Å²) in [6.07, 6.45) is 4.77. The van der Waals surface area contributed by atoms with Crippen LogP contribution in [0.5, 0.6) is 0 Å². The van der Waals surface area contributed by atoms with E-state index in [-0.39, 0.29) is 16.5 Å². The van der Waals surface area contributed by atoms with Crippen LogP contribution in [0.3, 0.4) is 0 Å². The molecule has 21 heavy (non-hydrogen) atoms. The van der Waals surface area contributed by atoms with E-state index in [0.29, 0.717) is 12.2 Å². The lowest BCUT2D eigenvalue weighted by Gasteiger charge is -2.29. The molecule has 1 amide bonds. The number of hydrogen-bond donors (Lipinski definition) is 1. The molecule has 1 saturated heterocycles. The van der Waals surface area contributed by atoms with Crippen molar-refractivity contribution in [2.45, 2.75) is 45.7 Å². The molecule has 2 rings (SSSR count). The maximum atomic E-state index is 12.3. The molecule has 116 valence electrons. The Morgan fingerprint density at radius 2 is 2.10 bits per heavy atom. The van der Waals surface area contributed by atoms with Crippen LogP contribution in [-0.4, -0.2) is 39.7 Å².